The highest BCUT2D eigenvalue weighted by Crippen LogP contribution is 2.35. The van der Waals surface area contributed by atoms with Gasteiger partial charge in [-0.05, 0) is 65.8 Å². The van der Waals surface area contributed by atoms with E-state index < -0.39 is 28.7 Å². The topological polar surface area (TPSA) is 109 Å². The molecule has 1 atom stereocenters. The highest BCUT2D eigenvalue weighted by Gasteiger charge is 2.56. The summed E-state index contributed by atoms with van der Waals surface area (Å²) >= 11 is 0. The molecule has 1 aromatic heterocycles. The fourth-order valence-electron chi connectivity index (χ4n) is 4.14. The number of alkyl carbamates (subject to hydrolysis) is 1. The van der Waals surface area contributed by atoms with Gasteiger partial charge in [-0.15, -0.1) is 0 Å². The van der Waals surface area contributed by atoms with Gasteiger partial charge in [0.2, 0.25) is 0 Å². The Morgan fingerprint density at radius 1 is 0.971 bits per heavy atom. The van der Waals surface area contributed by atoms with E-state index in [0.717, 1.165) is 5.56 Å². The molecule has 0 fully saturated rings. The number of aromatic amines is 1. The van der Waals surface area contributed by atoms with E-state index in [1.165, 1.54) is 9.69 Å². The minimum Gasteiger partial charge on any atom is -0.444 e. The molecule has 0 aliphatic carbocycles. The van der Waals surface area contributed by atoms with Crippen molar-refractivity contribution in [1.29, 1.82) is 0 Å². The Bertz CT molecular complexity index is 1360. The molecule has 2 heterocycles. The lowest BCUT2D eigenvalue weighted by Gasteiger charge is -2.30. The maximum Gasteiger partial charge on any atom is 0.409 e. The van der Waals surface area contributed by atoms with Gasteiger partial charge in [0.25, 0.3) is 11.5 Å². The second kappa shape index (κ2) is 8.57. The number of nitrogens with one attached hydrogen (secondary N) is 2. The first-order chi connectivity index (χ1) is 16.4. The van der Waals surface area contributed by atoms with E-state index in [0.29, 0.717) is 17.1 Å². The van der Waals surface area contributed by atoms with Crippen molar-refractivity contribution in [2.75, 3.05) is 5.01 Å². The molecule has 1 aliphatic rings. The Morgan fingerprint density at radius 3 is 2.20 bits per heavy atom. The van der Waals surface area contributed by atoms with E-state index in [-0.39, 0.29) is 11.3 Å². The molecule has 2 amide bonds. The van der Waals surface area contributed by atoms with Gasteiger partial charge in [-0.2, -0.15) is 10.1 Å². The quantitative estimate of drug-likeness (QED) is 0.596. The first-order valence-corrected chi connectivity index (χ1v) is 11.3. The van der Waals surface area contributed by atoms with Gasteiger partial charge in [0, 0.05) is 5.69 Å². The molecule has 0 saturated carbocycles. The lowest BCUT2D eigenvalue weighted by molar-refractivity contribution is -0.122. The van der Waals surface area contributed by atoms with Crippen molar-refractivity contribution >= 4 is 23.4 Å². The van der Waals surface area contributed by atoms with Gasteiger partial charge in [0.1, 0.15) is 5.60 Å². The van der Waals surface area contributed by atoms with Gasteiger partial charge >= 0.3 is 6.09 Å². The Labute approximate surface area is 203 Å². The summed E-state index contributed by atoms with van der Waals surface area (Å²) in [5, 5.41) is 11.4. The molecule has 3 aromatic rings. The van der Waals surface area contributed by atoms with Crippen LogP contribution in [0.4, 0.5) is 10.5 Å². The van der Waals surface area contributed by atoms with Gasteiger partial charge < -0.3 is 4.74 Å². The van der Waals surface area contributed by atoms with Crippen LogP contribution in [0, 0.1) is 13.8 Å². The van der Waals surface area contributed by atoms with Crippen molar-refractivity contribution in [3.63, 3.8) is 0 Å². The molecule has 1 aliphatic heterocycles. The number of rotatable bonds is 4. The van der Waals surface area contributed by atoms with E-state index in [9.17, 15) is 14.4 Å². The molecule has 9 heteroatoms. The normalized spacial score (nSPS) is 17.9. The van der Waals surface area contributed by atoms with Crippen LogP contribution in [-0.2, 0) is 15.1 Å². The first kappa shape index (κ1) is 24.0. The third-order valence-corrected chi connectivity index (χ3v) is 5.73. The van der Waals surface area contributed by atoms with Crippen molar-refractivity contribution in [3.05, 3.63) is 81.8 Å². The number of amides is 2. The summed E-state index contributed by atoms with van der Waals surface area (Å²) in [7, 11) is 0. The third-order valence-electron chi connectivity index (χ3n) is 5.73. The van der Waals surface area contributed by atoms with E-state index in [1.807, 2.05) is 25.1 Å². The largest absolute Gasteiger partial charge is 0.444 e. The van der Waals surface area contributed by atoms with Gasteiger partial charge in [-0.25, -0.2) is 9.48 Å². The zero-order valence-corrected chi connectivity index (χ0v) is 20.7. The highest BCUT2D eigenvalue weighted by molar-refractivity contribution is 6.23. The number of para-hydroxylation sites is 1. The lowest BCUT2D eigenvalue weighted by atomic mass is 9.85. The molecule has 35 heavy (non-hydrogen) atoms. The average Bonchev–Trinajstić information content (AvgIpc) is 3.21. The fourth-order valence-corrected chi connectivity index (χ4v) is 4.14. The van der Waals surface area contributed by atoms with Crippen LogP contribution in [0.25, 0.3) is 5.69 Å². The van der Waals surface area contributed by atoms with Crippen LogP contribution in [-0.4, -0.2) is 33.1 Å². The summed E-state index contributed by atoms with van der Waals surface area (Å²) < 4.78 is 6.82. The number of nitrogens with zero attached hydrogens (tertiary/aromatic N) is 3. The molecule has 0 saturated heterocycles. The molecule has 0 spiro atoms. The maximum atomic E-state index is 14.1. The number of anilines is 1. The number of hydrogen-bond acceptors (Lipinski definition) is 5. The van der Waals surface area contributed by atoms with Gasteiger partial charge in [-0.3, -0.25) is 20.0 Å². The summed E-state index contributed by atoms with van der Waals surface area (Å²) in [6.45, 7) is 10.4. The first-order valence-electron chi connectivity index (χ1n) is 11.3. The van der Waals surface area contributed by atoms with Crippen molar-refractivity contribution in [1.82, 2.24) is 15.1 Å². The summed E-state index contributed by atoms with van der Waals surface area (Å²) in [5.41, 5.74) is -0.272. The number of hydrazone groups is 1. The Balaban J connectivity index is 1.89. The minimum atomic E-state index is -1.86. The van der Waals surface area contributed by atoms with E-state index in [4.69, 9.17) is 4.74 Å². The summed E-state index contributed by atoms with van der Waals surface area (Å²) in [4.78, 5) is 40.8. The number of ether oxygens (including phenoxy) is 1. The molecule has 2 N–H and O–H groups in total. The van der Waals surface area contributed by atoms with Crippen molar-refractivity contribution in [2.24, 2.45) is 5.10 Å². The molecular weight excluding hydrogens is 446 g/mol. The van der Waals surface area contributed by atoms with Gasteiger partial charge in [0.15, 0.2) is 5.54 Å². The smallest absolute Gasteiger partial charge is 0.409 e. The zero-order chi connectivity index (χ0) is 25.5. The second-order valence-electron chi connectivity index (χ2n) is 9.60. The number of H-pyrrole nitrogens is 1. The number of carbonyl (C=O) groups excluding carboxylic acids is 2. The van der Waals surface area contributed by atoms with E-state index in [2.05, 4.69) is 15.5 Å². The van der Waals surface area contributed by atoms with Crippen LogP contribution < -0.4 is 15.9 Å². The van der Waals surface area contributed by atoms with Crippen LogP contribution in [0.1, 0.15) is 44.5 Å². The van der Waals surface area contributed by atoms with Crippen molar-refractivity contribution in [3.8, 4) is 5.69 Å². The average molecular weight is 476 g/mol. The fraction of sp³-hybridized carbons (Fsp3) is 0.308. The Hall–Kier alpha value is -4.14. The molecule has 9 nitrogen and oxygen atoms in total. The Morgan fingerprint density at radius 2 is 1.60 bits per heavy atom. The van der Waals surface area contributed by atoms with Crippen LogP contribution in [0.15, 0.2) is 64.5 Å². The van der Waals surface area contributed by atoms with E-state index >= 15 is 0 Å². The Kier molecular flexibility index (Phi) is 5.88. The molecule has 0 bridgehead atoms. The van der Waals surface area contributed by atoms with Crippen LogP contribution in [0.5, 0.6) is 0 Å². The molecule has 0 radical (unpaired) electrons. The summed E-state index contributed by atoms with van der Waals surface area (Å²) in [5.74, 6) is -0.580. The lowest BCUT2D eigenvalue weighted by Crippen LogP contribution is -2.59. The number of benzene rings is 2. The van der Waals surface area contributed by atoms with Gasteiger partial charge in [0.05, 0.1) is 22.6 Å². The van der Waals surface area contributed by atoms with Crippen LogP contribution in [0.3, 0.4) is 0 Å². The maximum absolute atomic E-state index is 14.1. The highest BCUT2D eigenvalue weighted by atomic mass is 16.6. The summed E-state index contributed by atoms with van der Waals surface area (Å²) in [6.07, 6.45) is -0.836. The predicted octanol–water partition coefficient (Wildman–Crippen LogP) is 3.93. The van der Waals surface area contributed by atoms with E-state index in [1.54, 1.807) is 71.0 Å². The minimum absolute atomic E-state index is 0.0769. The number of aromatic nitrogens is 2. The number of hydrogen-bond donors (Lipinski definition) is 2. The molecule has 4 rings (SSSR count). The molecular formula is C26H29N5O4. The SMILES string of the molecule is CC1=NN(c2ccc(C)cc2)C(=O)[C@]1(NC(=O)OC(C)(C)C)c1c(C)[nH]n(-c2ccccc2)c1=O. The zero-order valence-electron chi connectivity index (χ0n) is 20.7. The molecule has 182 valence electrons. The second-order valence-corrected chi connectivity index (χ2v) is 9.60. The van der Waals surface area contributed by atoms with Crippen molar-refractivity contribution in [2.45, 2.75) is 52.7 Å². The van der Waals surface area contributed by atoms with Gasteiger partial charge in [-0.1, -0.05) is 35.9 Å². The molecule has 2 aromatic carbocycles. The third kappa shape index (κ3) is 4.25. The van der Waals surface area contributed by atoms with Crippen molar-refractivity contribution < 1.29 is 14.3 Å². The van der Waals surface area contributed by atoms with Crippen LogP contribution >= 0.6 is 0 Å². The monoisotopic (exact) mass is 475 g/mol. The number of carbonyl (C=O) groups is 2. The standard InChI is InChI=1S/C26H29N5O4/c1-16-12-14-20(15-13-16)31-23(33)26(18(3)29-31,27-24(34)35-25(4,5)6)21-17(2)28-30(22(21)32)19-10-8-7-9-11-19/h7-15,28H,1-6H3,(H,27,34)/t26-/m1/s1. The predicted molar refractivity (Wildman–Crippen MR) is 134 cm³/mol. The molecule has 0 unspecified atom stereocenters. The van der Waals surface area contributed by atoms with Crippen LogP contribution in [0.2, 0.25) is 0 Å². The number of aryl methyl sites for hydroxylation is 2. The summed E-state index contributed by atoms with van der Waals surface area (Å²) in [6, 6.07) is 16.2.